The van der Waals surface area contributed by atoms with Crippen molar-refractivity contribution in [2.24, 2.45) is 0 Å². The van der Waals surface area contributed by atoms with Gasteiger partial charge in [-0.25, -0.2) is 13.2 Å². The zero-order valence-corrected chi connectivity index (χ0v) is 15.7. The molecule has 0 saturated carbocycles. The fourth-order valence-corrected chi connectivity index (χ4v) is 3.77. The second-order valence-electron chi connectivity index (χ2n) is 5.31. The maximum atomic E-state index is 12.6. The first-order chi connectivity index (χ1) is 12.3. The average Bonchev–Trinajstić information content (AvgIpc) is 2.61. The van der Waals surface area contributed by atoms with Gasteiger partial charge in [-0.3, -0.25) is 4.79 Å². The molecular formula is C17H17ClN2O5S. The number of amides is 1. The van der Waals surface area contributed by atoms with E-state index >= 15 is 0 Å². The molecule has 0 saturated heterocycles. The highest BCUT2D eigenvalue weighted by Crippen LogP contribution is 2.25. The Morgan fingerprint density at radius 2 is 1.81 bits per heavy atom. The van der Waals surface area contributed by atoms with Crippen molar-refractivity contribution in [1.29, 1.82) is 0 Å². The minimum Gasteiger partial charge on any atom is -0.465 e. The van der Waals surface area contributed by atoms with E-state index in [1.807, 2.05) is 0 Å². The van der Waals surface area contributed by atoms with E-state index in [1.165, 1.54) is 32.4 Å². The van der Waals surface area contributed by atoms with E-state index in [0.29, 0.717) is 5.69 Å². The molecule has 0 atom stereocenters. The van der Waals surface area contributed by atoms with Gasteiger partial charge in [-0.1, -0.05) is 29.8 Å². The lowest BCUT2D eigenvalue weighted by molar-refractivity contribution is -0.116. The lowest BCUT2D eigenvalue weighted by Crippen LogP contribution is -2.35. The number of esters is 1. The Morgan fingerprint density at radius 3 is 2.38 bits per heavy atom. The van der Waals surface area contributed by atoms with Crippen LogP contribution in [-0.2, 0) is 19.6 Å². The summed E-state index contributed by atoms with van der Waals surface area (Å²) in [5.74, 6) is -1.13. The number of nitrogens with zero attached hydrogens (tertiary/aromatic N) is 1. The van der Waals surface area contributed by atoms with Gasteiger partial charge in [0.25, 0.3) is 0 Å². The number of carbonyl (C=O) groups excluding carboxylic acids is 2. The SMILES string of the molecule is COC(=O)c1ccc(S(=O)(=O)N(C)CC(=O)Nc2ccccc2)c(Cl)c1. The fourth-order valence-electron chi connectivity index (χ4n) is 2.13. The standard InChI is InChI=1S/C17H17ClN2O5S/c1-20(11-16(21)19-13-6-4-3-5-7-13)26(23,24)15-9-8-12(10-14(15)18)17(22)25-2/h3-10H,11H2,1-2H3,(H,19,21). The van der Waals surface area contributed by atoms with Crippen LogP contribution in [0.4, 0.5) is 5.69 Å². The van der Waals surface area contributed by atoms with Crippen LogP contribution in [0.5, 0.6) is 0 Å². The van der Waals surface area contributed by atoms with E-state index in [2.05, 4.69) is 10.1 Å². The zero-order chi connectivity index (χ0) is 19.3. The van der Waals surface area contributed by atoms with Gasteiger partial charge in [-0.2, -0.15) is 4.31 Å². The molecule has 0 unspecified atom stereocenters. The fraction of sp³-hybridized carbons (Fsp3) is 0.176. The number of hydrogen-bond donors (Lipinski definition) is 1. The highest BCUT2D eigenvalue weighted by atomic mass is 35.5. The van der Waals surface area contributed by atoms with Crippen LogP contribution in [0, 0.1) is 0 Å². The number of halogens is 1. The molecule has 138 valence electrons. The quantitative estimate of drug-likeness (QED) is 0.757. The van der Waals surface area contributed by atoms with Gasteiger partial charge in [0.1, 0.15) is 4.90 Å². The highest BCUT2D eigenvalue weighted by molar-refractivity contribution is 7.89. The van der Waals surface area contributed by atoms with Crippen LogP contribution in [0.2, 0.25) is 5.02 Å². The van der Waals surface area contributed by atoms with Crippen LogP contribution < -0.4 is 5.32 Å². The summed E-state index contributed by atoms with van der Waals surface area (Å²) >= 11 is 6.01. The van der Waals surface area contributed by atoms with E-state index in [1.54, 1.807) is 30.3 Å². The molecule has 0 aliphatic rings. The number of benzene rings is 2. The molecule has 2 aromatic carbocycles. The molecule has 0 fully saturated rings. The number of nitrogens with one attached hydrogen (secondary N) is 1. The summed E-state index contributed by atoms with van der Waals surface area (Å²) in [4.78, 5) is 23.3. The number of para-hydroxylation sites is 1. The Hall–Kier alpha value is -2.42. The maximum absolute atomic E-state index is 12.6. The lowest BCUT2D eigenvalue weighted by atomic mass is 10.2. The summed E-state index contributed by atoms with van der Waals surface area (Å²) in [6, 6.07) is 12.4. The summed E-state index contributed by atoms with van der Waals surface area (Å²) in [6.07, 6.45) is 0. The van der Waals surface area contributed by atoms with Crippen LogP contribution in [0.1, 0.15) is 10.4 Å². The average molecular weight is 397 g/mol. The number of rotatable bonds is 6. The van der Waals surface area contributed by atoms with Gasteiger partial charge in [-0.05, 0) is 30.3 Å². The van der Waals surface area contributed by atoms with Crippen molar-refractivity contribution >= 4 is 39.2 Å². The zero-order valence-electron chi connectivity index (χ0n) is 14.1. The normalized spacial score (nSPS) is 11.2. The number of anilines is 1. The van der Waals surface area contributed by atoms with Crippen molar-refractivity contribution in [3.63, 3.8) is 0 Å². The second-order valence-corrected chi connectivity index (χ2v) is 7.73. The number of carbonyl (C=O) groups is 2. The molecule has 7 nitrogen and oxygen atoms in total. The number of methoxy groups -OCH3 is 1. The summed E-state index contributed by atoms with van der Waals surface area (Å²) in [5, 5.41) is 2.47. The Kier molecular flexibility index (Phi) is 6.36. The molecule has 0 aromatic heterocycles. The van der Waals surface area contributed by atoms with E-state index < -0.39 is 28.4 Å². The molecule has 9 heteroatoms. The monoisotopic (exact) mass is 396 g/mol. The maximum Gasteiger partial charge on any atom is 0.337 e. The predicted molar refractivity (Wildman–Crippen MR) is 97.7 cm³/mol. The van der Waals surface area contributed by atoms with Gasteiger partial charge in [0.15, 0.2) is 0 Å². The van der Waals surface area contributed by atoms with Crippen molar-refractivity contribution in [3.05, 3.63) is 59.1 Å². The first-order valence-electron chi connectivity index (χ1n) is 7.45. The van der Waals surface area contributed by atoms with E-state index in [9.17, 15) is 18.0 Å². The van der Waals surface area contributed by atoms with Crippen molar-refractivity contribution in [2.75, 3.05) is 26.0 Å². The molecule has 1 amide bonds. The third-order valence-corrected chi connectivity index (χ3v) is 5.75. The molecule has 2 rings (SSSR count). The van der Waals surface area contributed by atoms with Crippen LogP contribution in [0.3, 0.4) is 0 Å². The number of sulfonamides is 1. The van der Waals surface area contributed by atoms with E-state index in [0.717, 1.165) is 4.31 Å². The van der Waals surface area contributed by atoms with E-state index in [4.69, 9.17) is 11.6 Å². The molecule has 0 heterocycles. The first kappa shape index (κ1) is 19.9. The highest BCUT2D eigenvalue weighted by Gasteiger charge is 2.26. The number of ether oxygens (including phenoxy) is 1. The van der Waals surface area contributed by atoms with Gasteiger partial charge in [0, 0.05) is 12.7 Å². The third-order valence-electron chi connectivity index (χ3n) is 3.47. The smallest absolute Gasteiger partial charge is 0.337 e. The van der Waals surface area contributed by atoms with Gasteiger partial charge >= 0.3 is 5.97 Å². The van der Waals surface area contributed by atoms with Crippen LogP contribution in [-0.4, -0.2) is 45.3 Å². The van der Waals surface area contributed by atoms with Crippen molar-refractivity contribution < 1.29 is 22.7 Å². The predicted octanol–water partition coefficient (Wildman–Crippen LogP) is 2.39. The van der Waals surface area contributed by atoms with Crippen molar-refractivity contribution in [2.45, 2.75) is 4.90 Å². The Morgan fingerprint density at radius 1 is 1.15 bits per heavy atom. The topological polar surface area (TPSA) is 92.8 Å². The molecule has 26 heavy (non-hydrogen) atoms. The molecule has 0 spiro atoms. The van der Waals surface area contributed by atoms with Crippen LogP contribution in [0.25, 0.3) is 0 Å². The number of likely N-dealkylation sites (N-methyl/N-ethyl adjacent to an activating group) is 1. The summed E-state index contributed by atoms with van der Waals surface area (Å²) < 4.78 is 30.7. The lowest BCUT2D eigenvalue weighted by Gasteiger charge is -2.18. The van der Waals surface area contributed by atoms with Crippen molar-refractivity contribution in [3.8, 4) is 0 Å². The molecule has 0 radical (unpaired) electrons. The summed E-state index contributed by atoms with van der Waals surface area (Å²) in [5.41, 5.74) is 0.685. The van der Waals surface area contributed by atoms with E-state index in [-0.39, 0.29) is 15.5 Å². The first-order valence-corrected chi connectivity index (χ1v) is 9.26. The molecule has 0 aliphatic carbocycles. The molecular weight excluding hydrogens is 380 g/mol. The molecule has 1 N–H and O–H groups in total. The second kappa shape index (κ2) is 8.31. The Balaban J connectivity index is 2.16. The minimum atomic E-state index is -4.02. The summed E-state index contributed by atoms with van der Waals surface area (Å²) in [6.45, 7) is -0.397. The number of hydrogen-bond acceptors (Lipinski definition) is 5. The van der Waals surface area contributed by atoms with Gasteiger partial charge in [0.05, 0.1) is 24.2 Å². The van der Waals surface area contributed by atoms with Crippen LogP contribution >= 0.6 is 11.6 Å². The van der Waals surface area contributed by atoms with Gasteiger partial charge < -0.3 is 10.1 Å². The molecule has 0 bridgehead atoms. The van der Waals surface area contributed by atoms with Crippen LogP contribution in [0.15, 0.2) is 53.4 Å². The minimum absolute atomic E-state index is 0.126. The van der Waals surface area contributed by atoms with Gasteiger partial charge in [0.2, 0.25) is 15.9 Å². The largest absolute Gasteiger partial charge is 0.465 e. The van der Waals surface area contributed by atoms with Crippen molar-refractivity contribution in [1.82, 2.24) is 4.31 Å². The van der Waals surface area contributed by atoms with Gasteiger partial charge in [-0.15, -0.1) is 0 Å². The molecule has 0 aliphatic heterocycles. The Bertz CT molecular complexity index is 916. The third kappa shape index (κ3) is 4.60. The Labute approximate surface area is 156 Å². The molecule has 2 aromatic rings. The summed E-state index contributed by atoms with van der Waals surface area (Å²) in [7, 11) is -1.54.